The average molecular weight is 262 g/mol. The molecule has 19 heavy (non-hydrogen) atoms. The highest BCUT2D eigenvalue weighted by molar-refractivity contribution is 5.92. The summed E-state index contributed by atoms with van der Waals surface area (Å²) in [5, 5.41) is 0. The van der Waals surface area contributed by atoms with Gasteiger partial charge in [0.1, 0.15) is 5.69 Å². The molecule has 104 valence electrons. The van der Waals surface area contributed by atoms with Crippen molar-refractivity contribution in [1.29, 1.82) is 0 Å². The predicted octanol–water partition coefficient (Wildman–Crippen LogP) is 2.27. The van der Waals surface area contributed by atoms with E-state index in [0.717, 1.165) is 25.9 Å². The van der Waals surface area contributed by atoms with Crippen molar-refractivity contribution in [3.63, 3.8) is 0 Å². The lowest BCUT2D eigenvalue weighted by Gasteiger charge is -2.21. The molecule has 4 heteroatoms. The number of aromatic amines is 1. The summed E-state index contributed by atoms with van der Waals surface area (Å²) in [5.74, 6) is 1.32. The molecular weight excluding hydrogens is 240 g/mol. The van der Waals surface area contributed by atoms with E-state index in [4.69, 9.17) is 0 Å². The van der Waals surface area contributed by atoms with Gasteiger partial charge in [-0.05, 0) is 37.2 Å². The first kappa shape index (κ1) is 13.8. The van der Waals surface area contributed by atoms with E-state index in [1.165, 1.54) is 12.5 Å². The molecule has 1 aliphatic rings. The molecule has 1 aliphatic heterocycles. The van der Waals surface area contributed by atoms with Crippen LogP contribution in [0.4, 0.5) is 0 Å². The molecule has 4 nitrogen and oxygen atoms in total. The van der Waals surface area contributed by atoms with E-state index in [1.807, 2.05) is 4.90 Å². The number of hydrogen-bond acceptors (Lipinski definition) is 2. The molecule has 2 rings (SSSR count). The minimum Gasteiger partial charge on any atom is -0.337 e. The van der Waals surface area contributed by atoms with Crippen LogP contribution in [0.15, 0.2) is 23.0 Å². The van der Waals surface area contributed by atoms with Crippen LogP contribution in [0.1, 0.15) is 43.6 Å². The predicted molar refractivity (Wildman–Crippen MR) is 75.1 cm³/mol. The summed E-state index contributed by atoms with van der Waals surface area (Å²) in [6.45, 7) is 6.07. The first-order chi connectivity index (χ1) is 9.08. The second-order valence-electron chi connectivity index (χ2n) is 5.66. The number of aromatic nitrogens is 1. The van der Waals surface area contributed by atoms with Crippen molar-refractivity contribution in [3.8, 4) is 0 Å². The molecule has 1 N–H and O–H groups in total. The number of rotatable bonds is 2. The van der Waals surface area contributed by atoms with Crippen LogP contribution in [0.5, 0.6) is 0 Å². The van der Waals surface area contributed by atoms with Crippen molar-refractivity contribution in [2.24, 2.45) is 11.8 Å². The van der Waals surface area contributed by atoms with Crippen LogP contribution in [-0.2, 0) is 0 Å². The summed E-state index contributed by atoms with van der Waals surface area (Å²) >= 11 is 0. The Kier molecular flexibility index (Phi) is 4.40. The molecule has 1 unspecified atom stereocenters. The van der Waals surface area contributed by atoms with Gasteiger partial charge in [-0.2, -0.15) is 0 Å². The van der Waals surface area contributed by atoms with Crippen molar-refractivity contribution in [1.82, 2.24) is 9.88 Å². The number of pyridine rings is 1. The monoisotopic (exact) mass is 262 g/mol. The summed E-state index contributed by atoms with van der Waals surface area (Å²) in [6, 6.07) is 4.73. The number of likely N-dealkylation sites (tertiary alicyclic amines) is 1. The van der Waals surface area contributed by atoms with Gasteiger partial charge in [-0.1, -0.05) is 19.9 Å². The van der Waals surface area contributed by atoms with E-state index in [1.54, 1.807) is 12.1 Å². The fourth-order valence-corrected chi connectivity index (χ4v) is 2.73. The number of amides is 1. The zero-order valence-corrected chi connectivity index (χ0v) is 11.7. The molecule has 0 bridgehead atoms. The van der Waals surface area contributed by atoms with Crippen LogP contribution in [0, 0.1) is 11.8 Å². The highest BCUT2D eigenvalue weighted by Gasteiger charge is 2.23. The lowest BCUT2D eigenvalue weighted by molar-refractivity contribution is 0.0752. The summed E-state index contributed by atoms with van der Waals surface area (Å²) in [6.07, 6.45) is 3.29. The maximum atomic E-state index is 12.3. The van der Waals surface area contributed by atoms with Gasteiger partial charge in [0, 0.05) is 19.2 Å². The molecule has 1 aromatic rings. The van der Waals surface area contributed by atoms with Crippen LogP contribution in [0.3, 0.4) is 0 Å². The van der Waals surface area contributed by atoms with Crippen molar-refractivity contribution >= 4 is 5.91 Å². The van der Waals surface area contributed by atoms with Gasteiger partial charge < -0.3 is 9.88 Å². The van der Waals surface area contributed by atoms with Gasteiger partial charge in [-0.25, -0.2) is 0 Å². The molecule has 1 amide bonds. The van der Waals surface area contributed by atoms with Gasteiger partial charge >= 0.3 is 0 Å². The number of H-pyrrole nitrogens is 1. The Labute approximate surface area is 113 Å². The summed E-state index contributed by atoms with van der Waals surface area (Å²) < 4.78 is 0. The summed E-state index contributed by atoms with van der Waals surface area (Å²) in [4.78, 5) is 28.1. The Morgan fingerprint density at radius 3 is 2.79 bits per heavy atom. The molecule has 0 spiro atoms. The van der Waals surface area contributed by atoms with Crippen molar-refractivity contribution in [3.05, 3.63) is 34.2 Å². The zero-order valence-electron chi connectivity index (χ0n) is 11.7. The first-order valence-corrected chi connectivity index (χ1v) is 7.06. The Morgan fingerprint density at radius 1 is 1.32 bits per heavy atom. The lowest BCUT2D eigenvalue weighted by atomic mass is 9.89. The lowest BCUT2D eigenvalue weighted by Crippen LogP contribution is -2.33. The maximum absolute atomic E-state index is 12.3. The second-order valence-corrected chi connectivity index (χ2v) is 5.66. The van der Waals surface area contributed by atoms with Crippen molar-refractivity contribution in [2.45, 2.75) is 33.1 Å². The highest BCUT2D eigenvalue weighted by atomic mass is 16.2. The topological polar surface area (TPSA) is 53.2 Å². The fourth-order valence-electron chi connectivity index (χ4n) is 2.73. The standard InChI is InChI=1S/C15H22N2O2/c1-11(2)12-5-4-9-17(10-8-12)15(19)13-6-3-7-14(18)16-13/h3,6-7,11-12H,4-5,8-10H2,1-2H3,(H,16,18). The van der Waals surface area contributed by atoms with Gasteiger partial charge in [0.15, 0.2) is 0 Å². The first-order valence-electron chi connectivity index (χ1n) is 7.06. The van der Waals surface area contributed by atoms with Crippen LogP contribution in [0.2, 0.25) is 0 Å². The smallest absolute Gasteiger partial charge is 0.270 e. The van der Waals surface area contributed by atoms with Crippen molar-refractivity contribution < 1.29 is 4.79 Å². The normalized spacial score (nSPS) is 20.4. The Balaban J connectivity index is 2.06. The molecular formula is C15H22N2O2. The van der Waals surface area contributed by atoms with Crippen LogP contribution in [-0.4, -0.2) is 28.9 Å². The number of carbonyl (C=O) groups excluding carboxylic acids is 1. The highest BCUT2D eigenvalue weighted by Crippen LogP contribution is 2.24. The second kappa shape index (κ2) is 6.04. The van der Waals surface area contributed by atoms with E-state index in [9.17, 15) is 9.59 Å². The van der Waals surface area contributed by atoms with Gasteiger partial charge in [-0.15, -0.1) is 0 Å². The quantitative estimate of drug-likeness (QED) is 0.889. The number of nitrogens with zero attached hydrogens (tertiary/aromatic N) is 1. The molecule has 0 radical (unpaired) electrons. The van der Waals surface area contributed by atoms with E-state index >= 15 is 0 Å². The Morgan fingerprint density at radius 2 is 2.11 bits per heavy atom. The third kappa shape index (κ3) is 3.46. The molecule has 1 saturated heterocycles. The summed E-state index contributed by atoms with van der Waals surface area (Å²) in [5.41, 5.74) is 0.177. The SMILES string of the molecule is CC(C)C1CCCN(C(=O)c2cccc(=O)[nH]2)CC1. The van der Waals surface area contributed by atoms with Crippen LogP contribution in [0.25, 0.3) is 0 Å². The average Bonchev–Trinajstić information content (AvgIpc) is 2.63. The molecule has 0 aromatic carbocycles. The van der Waals surface area contributed by atoms with E-state index in [2.05, 4.69) is 18.8 Å². The fraction of sp³-hybridized carbons (Fsp3) is 0.600. The molecule has 0 aliphatic carbocycles. The Hall–Kier alpha value is -1.58. The third-order valence-electron chi connectivity index (χ3n) is 4.00. The largest absolute Gasteiger partial charge is 0.337 e. The number of hydrogen-bond donors (Lipinski definition) is 1. The van der Waals surface area contributed by atoms with Gasteiger partial charge in [-0.3, -0.25) is 9.59 Å². The Bertz CT molecular complexity index is 493. The van der Waals surface area contributed by atoms with Crippen LogP contribution < -0.4 is 5.56 Å². The van der Waals surface area contributed by atoms with Gasteiger partial charge in [0.2, 0.25) is 5.56 Å². The zero-order chi connectivity index (χ0) is 13.8. The minimum atomic E-state index is -0.222. The van der Waals surface area contributed by atoms with Gasteiger partial charge in [0.05, 0.1) is 0 Å². The third-order valence-corrected chi connectivity index (χ3v) is 4.00. The molecule has 2 heterocycles. The van der Waals surface area contributed by atoms with E-state index < -0.39 is 0 Å². The van der Waals surface area contributed by atoms with Crippen LogP contribution >= 0.6 is 0 Å². The molecule has 1 atom stereocenters. The number of nitrogens with one attached hydrogen (secondary N) is 1. The van der Waals surface area contributed by atoms with E-state index in [0.29, 0.717) is 17.5 Å². The van der Waals surface area contributed by atoms with E-state index in [-0.39, 0.29) is 11.5 Å². The number of carbonyl (C=O) groups is 1. The molecule has 0 saturated carbocycles. The van der Waals surface area contributed by atoms with Crippen molar-refractivity contribution in [2.75, 3.05) is 13.1 Å². The minimum absolute atomic E-state index is 0.0536. The summed E-state index contributed by atoms with van der Waals surface area (Å²) in [7, 11) is 0. The molecule has 1 aromatic heterocycles. The molecule has 1 fully saturated rings. The van der Waals surface area contributed by atoms with Gasteiger partial charge in [0.25, 0.3) is 5.91 Å². The maximum Gasteiger partial charge on any atom is 0.270 e.